The van der Waals surface area contributed by atoms with Crippen molar-refractivity contribution in [3.05, 3.63) is 35.4 Å². The van der Waals surface area contributed by atoms with Crippen LogP contribution in [0.2, 0.25) is 0 Å². The normalized spacial score (nSPS) is 17.7. The van der Waals surface area contributed by atoms with Gasteiger partial charge in [0.25, 0.3) is 15.9 Å². The summed E-state index contributed by atoms with van der Waals surface area (Å²) in [6, 6.07) is 7.69. The number of aryl methyl sites for hydroxylation is 1. The van der Waals surface area contributed by atoms with Crippen molar-refractivity contribution in [2.24, 2.45) is 0 Å². The van der Waals surface area contributed by atoms with Gasteiger partial charge in [-0.2, -0.15) is 0 Å². The summed E-state index contributed by atoms with van der Waals surface area (Å²) in [6.45, 7) is 6.46. The lowest BCUT2D eigenvalue weighted by Gasteiger charge is -2.35. The van der Waals surface area contributed by atoms with Gasteiger partial charge in [0.1, 0.15) is 0 Å². The van der Waals surface area contributed by atoms with Crippen LogP contribution in [0.4, 0.5) is 5.13 Å². The molecule has 0 bridgehead atoms. The molecule has 2 N–H and O–H groups in total. The van der Waals surface area contributed by atoms with Crippen LogP contribution in [0.3, 0.4) is 0 Å². The highest BCUT2D eigenvalue weighted by Crippen LogP contribution is 2.21. The number of nitrogens with one attached hydrogen (secondary N) is 2. The molecule has 164 valence electrons. The molecule has 1 aliphatic rings. The fraction of sp³-hybridized carbons (Fsp3) is 0.550. The monoisotopic (exact) mass is 451 g/mol. The summed E-state index contributed by atoms with van der Waals surface area (Å²) in [7, 11) is -3.74. The zero-order valence-electron chi connectivity index (χ0n) is 17.4. The number of rotatable bonds is 9. The van der Waals surface area contributed by atoms with Gasteiger partial charge in [0.05, 0.1) is 0 Å². The molecule has 2 heterocycles. The van der Waals surface area contributed by atoms with Crippen LogP contribution in [-0.2, 0) is 10.0 Å². The number of sulfonamides is 1. The van der Waals surface area contributed by atoms with Crippen LogP contribution in [0.25, 0.3) is 0 Å². The standard InChI is InChI=1S/C20H29N5O3S2/c1-3-17-7-4-5-13-25(17)14-6-12-21-30(27,28)20-24-23-19(29-20)22-18(26)16-10-8-15(2)9-11-16/h8-11,17,21H,3-7,12-14H2,1-2H3,(H,22,23,26)/t17-/m0/s1. The van der Waals surface area contributed by atoms with Crippen molar-refractivity contribution < 1.29 is 13.2 Å². The first kappa shape index (κ1) is 22.8. The SMILES string of the molecule is CC[C@H]1CCCCN1CCCNS(=O)(=O)c1nnc(NC(=O)c2ccc(C)cc2)s1. The number of likely N-dealkylation sites (tertiary alicyclic amines) is 1. The van der Waals surface area contributed by atoms with Crippen molar-refractivity contribution >= 4 is 32.4 Å². The molecule has 0 saturated carbocycles. The van der Waals surface area contributed by atoms with E-state index in [0.29, 0.717) is 18.2 Å². The number of benzene rings is 1. The Bertz CT molecular complexity index is 944. The Kier molecular flexibility index (Phi) is 7.93. The molecule has 30 heavy (non-hydrogen) atoms. The third-order valence-electron chi connectivity index (χ3n) is 5.31. The molecule has 1 saturated heterocycles. The molecule has 1 aromatic carbocycles. The summed E-state index contributed by atoms with van der Waals surface area (Å²) < 4.78 is 27.4. The lowest BCUT2D eigenvalue weighted by atomic mass is 10.00. The number of aromatic nitrogens is 2. The number of nitrogens with zero attached hydrogens (tertiary/aromatic N) is 3. The topological polar surface area (TPSA) is 104 Å². The minimum absolute atomic E-state index is 0.147. The van der Waals surface area contributed by atoms with Crippen LogP contribution in [0.15, 0.2) is 28.6 Å². The maximum Gasteiger partial charge on any atom is 0.269 e. The molecular weight excluding hydrogens is 422 g/mol. The molecule has 1 aliphatic heterocycles. The summed E-state index contributed by atoms with van der Waals surface area (Å²) in [5.41, 5.74) is 1.52. The van der Waals surface area contributed by atoms with Gasteiger partial charge in [0, 0.05) is 18.2 Å². The number of carbonyl (C=O) groups excluding carboxylic acids is 1. The first-order valence-corrected chi connectivity index (χ1v) is 12.6. The van der Waals surface area contributed by atoms with E-state index in [9.17, 15) is 13.2 Å². The van der Waals surface area contributed by atoms with Crippen molar-refractivity contribution in [1.29, 1.82) is 0 Å². The van der Waals surface area contributed by atoms with E-state index in [4.69, 9.17) is 0 Å². The largest absolute Gasteiger partial charge is 0.300 e. The van der Waals surface area contributed by atoms with Gasteiger partial charge >= 0.3 is 0 Å². The number of hydrogen-bond acceptors (Lipinski definition) is 7. The highest BCUT2D eigenvalue weighted by molar-refractivity contribution is 7.91. The van der Waals surface area contributed by atoms with Crippen LogP contribution >= 0.6 is 11.3 Å². The zero-order valence-corrected chi connectivity index (χ0v) is 19.1. The second-order valence-electron chi connectivity index (χ2n) is 7.54. The van der Waals surface area contributed by atoms with E-state index < -0.39 is 10.0 Å². The van der Waals surface area contributed by atoms with E-state index in [2.05, 4.69) is 32.1 Å². The van der Waals surface area contributed by atoms with E-state index in [1.54, 1.807) is 12.1 Å². The Morgan fingerprint density at radius 2 is 2.00 bits per heavy atom. The molecule has 0 unspecified atom stereocenters. The highest BCUT2D eigenvalue weighted by Gasteiger charge is 2.22. The third-order valence-corrected chi connectivity index (χ3v) is 7.97. The van der Waals surface area contributed by atoms with Gasteiger partial charge in [-0.15, -0.1) is 10.2 Å². The fourth-order valence-electron chi connectivity index (χ4n) is 3.61. The minimum Gasteiger partial charge on any atom is -0.300 e. The summed E-state index contributed by atoms with van der Waals surface area (Å²) in [4.78, 5) is 14.7. The Hall–Kier alpha value is -1.88. The Morgan fingerprint density at radius 1 is 1.23 bits per heavy atom. The molecule has 0 spiro atoms. The van der Waals surface area contributed by atoms with Gasteiger partial charge in [-0.1, -0.05) is 42.4 Å². The Morgan fingerprint density at radius 3 is 2.73 bits per heavy atom. The molecule has 1 aromatic heterocycles. The maximum absolute atomic E-state index is 12.5. The van der Waals surface area contributed by atoms with Crippen LogP contribution in [-0.4, -0.2) is 55.1 Å². The van der Waals surface area contributed by atoms with Crippen molar-refractivity contribution in [1.82, 2.24) is 19.8 Å². The number of anilines is 1. The molecule has 0 radical (unpaired) electrons. The molecule has 1 amide bonds. The van der Waals surface area contributed by atoms with Crippen molar-refractivity contribution in [3.63, 3.8) is 0 Å². The molecular formula is C20H29N5O3S2. The van der Waals surface area contributed by atoms with Gasteiger partial charge in [-0.05, 0) is 57.8 Å². The van der Waals surface area contributed by atoms with Crippen molar-refractivity contribution in [2.75, 3.05) is 25.0 Å². The van der Waals surface area contributed by atoms with Gasteiger partial charge in [0.2, 0.25) is 9.47 Å². The molecule has 10 heteroatoms. The maximum atomic E-state index is 12.5. The van der Waals surface area contributed by atoms with Gasteiger partial charge < -0.3 is 4.90 Å². The number of amides is 1. The zero-order chi connectivity index (χ0) is 21.6. The predicted molar refractivity (Wildman–Crippen MR) is 118 cm³/mol. The van der Waals surface area contributed by atoms with Crippen LogP contribution in [0.5, 0.6) is 0 Å². The molecule has 1 fully saturated rings. The second kappa shape index (κ2) is 10.4. The lowest BCUT2D eigenvalue weighted by Crippen LogP contribution is -2.40. The quantitative estimate of drug-likeness (QED) is 0.449. The lowest BCUT2D eigenvalue weighted by molar-refractivity contribution is 0.102. The van der Waals surface area contributed by atoms with Crippen LogP contribution < -0.4 is 10.0 Å². The molecule has 0 aliphatic carbocycles. The second-order valence-corrected chi connectivity index (χ2v) is 10.5. The van der Waals surface area contributed by atoms with E-state index in [-0.39, 0.29) is 15.4 Å². The average Bonchev–Trinajstić information content (AvgIpc) is 3.21. The predicted octanol–water partition coefficient (Wildman–Crippen LogP) is 3.03. The highest BCUT2D eigenvalue weighted by atomic mass is 32.2. The van der Waals surface area contributed by atoms with E-state index >= 15 is 0 Å². The van der Waals surface area contributed by atoms with Gasteiger partial charge in [-0.3, -0.25) is 10.1 Å². The Balaban J connectivity index is 1.49. The summed E-state index contributed by atoms with van der Waals surface area (Å²) in [6.07, 6.45) is 5.59. The van der Waals surface area contributed by atoms with Crippen LogP contribution in [0, 0.1) is 6.92 Å². The van der Waals surface area contributed by atoms with E-state index in [1.165, 1.54) is 19.3 Å². The average molecular weight is 452 g/mol. The fourth-order valence-corrected chi connectivity index (χ4v) is 5.62. The molecule has 8 nitrogen and oxygen atoms in total. The molecule has 3 rings (SSSR count). The number of piperidine rings is 1. The summed E-state index contributed by atoms with van der Waals surface area (Å²) >= 11 is 0.841. The van der Waals surface area contributed by atoms with Crippen molar-refractivity contribution in [2.45, 2.75) is 56.3 Å². The summed E-state index contributed by atoms with van der Waals surface area (Å²) in [5.74, 6) is -0.352. The third kappa shape index (κ3) is 6.07. The Labute approximate surface area is 182 Å². The molecule has 1 atom stereocenters. The van der Waals surface area contributed by atoms with Gasteiger partial charge in [0.15, 0.2) is 0 Å². The number of hydrogen-bond donors (Lipinski definition) is 2. The molecule has 2 aromatic rings. The summed E-state index contributed by atoms with van der Waals surface area (Å²) in [5, 5.41) is 10.3. The first-order valence-electron chi connectivity index (χ1n) is 10.3. The van der Waals surface area contributed by atoms with E-state index in [1.807, 2.05) is 19.1 Å². The number of carbonyl (C=O) groups is 1. The van der Waals surface area contributed by atoms with Gasteiger partial charge in [-0.25, -0.2) is 13.1 Å². The van der Waals surface area contributed by atoms with Crippen LogP contribution in [0.1, 0.15) is 54.9 Å². The minimum atomic E-state index is -3.74. The smallest absolute Gasteiger partial charge is 0.269 e. The van der Waals surface area contributed by atoms with E-state index in [0.717, 1.165) is 42.8 Å². The van der Waals surface area contributed by atoms with Crippen molar-refractivity contribution in [3.8, 4) is 0 Å². The first-order chi connectivity index (χ1) is 14.4.